The van der Waals surface area contributed by atoms with E-state index in [1.165, 1.54) is 0 Å². The summed E-state index contributed by atoms with van der Waals surface area (Å²) in [6.45, 7) is 0. The van der Waals surface area contributed by atoms with Crippen molar-refractivity contribution in [1.29, 1.82) is 0 Å². The fraction of sp³-hybridized carbons (Fsp3) is 1.00. The highest BCUT2D eigenvalue weighted by molar-refractivity contribution is 6.85. The maximum absolute atomic E-state index is 4.54. The molecule has 0 bridgehead atoms. The van der Waals surface area contributed by atoms with Gasteiger partial charge < -0.3 is 4.65 Å². The molecule has 0 saturated carbocycles. The highest BCUT2D eigenvalue weighted by Gasteiger charge is 1.60. The first-order valence-corrected chi connectivity index (χ1v) is 1.40. The van der Waals surface area contributed by atoms with Gasteiger partial charge in [-0.3, -0.25) is 0 Å². The fourth-order valence-corrected chi connectivity index (χ4v) is 0. The Morgan fingerprint density at radius 2 is 2.25 bits per heavy atom. The van der Waals surface area contributed by atoms with Gasteiger partial charge in [-0.15, -0.1) is 0 Å². The average Bonchev–Trinajstić information content (AvgIpc) is 1.37. The molecule has 0 unspecified atom stereocenters. The number of hydrogen-bond acceptors (Lipinski definition) is 1. The molecular weight excluding hydrogens is 49.6 g/mol. The van der Waals surface area contributed by atoms with Crippen LogP contribution in [0.2, 0.25) is 0 Å². The van der Waals surface area contributed by atoms with Crippen molar-refractivity contribution >= 4 is 15.1 Å². The van der Waals surface area contributed by atoms with Gasteiger partial charge in [0.05, 0.1) is 0 Å². The van der Waals surface area contributed by atoms with Crippen LogP contribution in [0, 0.1) is 0 Å². The lowest BCUT2D eigenvalue weighted by molar-refractivity contribution is 0.454. The van der Waals surface area contributed by atoms with E-state index in [0.29, 0.717) is 0 Å². The summed E-state index contributed by atoms with van der Waals surface area (Å²) in [5.74, 6) is 0. The lowest BCUT2D eigenvalue weighted by Crippen LogP contribution is -1.88. The predicted octanol–water partition coefficient (Wildman–Crippen LogP) is -1.47. The molecule has 0 heterocycles. The molecule has 0 aliphatic rings. The van der Waals surface area contributed by atoms with Crippen LogP contribution >= 0.6 is 0 Å². The quantitative estimate of drug-likeness (QED) is 0.333. The summed E-state index contributed by atoms with van der Waals surface area (Å²) in [6, 6.07) is 0. The summed E-state index contributed by atoms with van der Waals surface area (Å²) in [6.07, 6.45) is 0. The molecule has 0 spiro atoms. The Bertz CT molecular complexity index is 8.00. The Hall–Kier alpha value is 0.0899. The van der Waals surface area contributed by atoms with Gasteiger partial charge in [-0.25, -0.2) is 0 Å². The van der Waals surface area contributed by atoms with Crippen molar-refractivity contribution in [2.24, 2.45) is 0 Å². The standard InChI is InChI=1S/CH6B2O/c1-4-3-2/h3H,2H2,1H3. The summed E-state index contributed by atoms with van der Waals surface area (Å²) in [7, 11) is 4.46. The first-order chi connectivity index (χ1) is 1.91. The van der Waals surface area contributed by atoms with Gasteiger partial charge in [0.15, 0.2) is 0 Å². The molecule has 22 valence electrons. The minimum Gasteiger partial charge on any atom is -0.452 e. The molecule has 0 fully saturated rings. The van der Waals surface area contributed by atoms with Gasteiger partial charge >= 0.3 is 0 Å². The average molecular weight is 55.7 g/mol. The minimum atomic E-state index is 0.819. The lowest BCUT2D eigenvalue weighted by Gasteiger charge is -1.73. The van der Waals surface area contributed by atoms with Crippen LogP contribution in [0.4, 0.5) is 0 Å². The van der Waals surface area contributed by atoms with E-state index in [9.17, 15) is 0 Å². The Labute approximate surface area is 28.0 Å². The molecule has 0 rings (SSSR count). The van der Waals surface area contributed by atoms with E-state index in [1.807, 2.05) is 7.74 Å². The minimum absolute atomic E-state index is 0.819. The first kappa shape index (κ1) is 4.09. The second-order valence-corrected chi connectivity index (χ2v) is 0.577. The molecule has 0 aliphatic heterocycles. The molecular formula is CH6B2O. The summed E-state index contributed by atoms with van der Waals surface area (Å²) >= 11 is 0. The highest BCUT2D eigenvalue weighted by atomic mass is 16.4. The summed E-state index contributed by atoms with van der Waals surface area (Å²) in [5, 5.41) is 0. The topological polar surface area (TPSA) is 9.23 Å². The van der Waals surface area contributed by atoms with Crippen LogP contribution in [0.25, 0.3) is 0 Å². The van der Waals surface area contributed by atoms with Gasteiger partial charge in [-0.2, -0.15) is 0 Å². The fourth-order valence-electron chi connectivity index (χ4n) is 0. The molecule has 0 aromatic rings. The van der Waals surface area contributed by atoms with E-state index in [0.717, 1.165) is 7.37 Å². The SMILES string of the molecule is BBOC. The van der Waals surface area contributed by atoms with Crippen molar-refractivity contribution in [2.45, 2.75) is 0 Å². The molecule has 0 atom stereocenters. The smallest absolute Gasteiger partial charge is 0.229 e. The number of hydrogen-bond donors (Lipinski definition) is 0. The van der Waals surface area contributed by atoms with Crippen LogP contribution in [-0.2, 0) is 4.65 Å². The van der Waals surface area contributed by atoms with Crippen LogP contribution in [0.5, 0.6) is 0 Å². The molecule has 0 aromatic heterocycles. The van der Waals surface area contributed by atoms with Crippen LogP contribution < -0.4 is 0 Å². The van der Waals surface area contributed by atoms with E-state index >= 15 is 0 Å². The second-order valence-electron chi connectivity index (χ2n) is 0.577. The van der Waals surface area contributed by atoms with Gasteiger partial charge in [-0.1, -0.05) is 0 Å². The second kappa shape index (κ2) is 3.09. The van der Waals surface area contributed by atoms with E-state index in [2.05, 4.69) is 4.65 Å². The van der Waals surface area contributed by atoms with Gasteiger partial charge in [0.2, 0.25) is 7.37 Å². The van der Waals surface area contributed by atoms with Gasteiger partial charge in [0, 0.05) is 7.11 Å². The van der Waals surface area contributed by atoms with E-state index in [-0.39, 0.29) is 0 Å². The maximum atomic E-state index is 4.54. The molecule has 0 aliphatic carbocycles. The summed E-state index contributed by atoms with van der Waals surface area (Å²) in [4.78, 5) is 0. The molecule has 0 N–H and O–H groups in total. The van der Waals surface area contributed by atoms with Gasteiger partial charge in [-0.05, 0) is 0 Å². The maximum Gasteiger partial charge on any atom is 0.229 e. The van der Waals surface area contributed by atoms with Crippen LogP contribution in [0.15, 0.2) is 0 Å². The van der Waals surface area contributed by atoms with Crippen LogP contribution in [-0.4, -0.2) is 22.2 Å². The Balaban J connectivity index is 1.97. The van der Waals surface area contributed by atoms with Crippen molar-refractivity contribution in [2.75, 3.05) is 7.11 Å². The molecule has 0 aromatic carbocycles. The Morgan fingerprint density at radius 3 is 2.25 bits per heavy atom. The predicted molar refractivity (Wildman–Crippen MR) is 22.7 cm³/mol. The third-order valence-corrected chi connectivity index (χ3v) is 0.289. The molecule has 0 saturated heterocycles. The zero-order valence-corrected chi connectivity index (χ0v) is 3.12. The van der Waals surface area contributed by atoms with E-state index in [4.69, 9.17) is 0 Å². The monoisotopic (exact) mass is 56.1 g/mol. The van der Waals surface area contributed by atoms with Crippen molar-refractivity contribution in [3.8, 4) is 0 Å². The summed E-state index contributed by atoms with van der Waals surface area (Å²) in [5.41, 5.74) is 0. The highest BCUT2D eigenvalue weighted by Crippen LogP contribution is 1.39. The van der Waals surface area contributed by atoms with Crippen molar-refractivity contribution in [1.82, 2.24) is 0 Å². The van der Waals surface area contributed by atoms with Crippen LogP contribution in [0.3, 0.4) is 0 Å². The third kappa shape index (κ3) is 2.09. The lowest BCUT2D eigenvalue weighted by atomic mass is 9.72. The Morgan fingerprint density at radius 1 is 2.00 bits per heavy atom. The first-order valence-electron chi connectivity index (χ1n) is 1.40. The summed E-state index contributed by atoms with van der Waals surface area (Å²) < 4.78 is 4.54. The zero-order chi connectivity index (χ0) is 3.41. The number of rotatable bonds is 1. The Kier molecular flexibility index (Phi) is 3.16. The molecule has 1 nitrogen and oxygen atoms in total. The third-order valence-electron chi connectivity index (χ3n) is 0.289. The normalized spacial score (nSPS) is 6.25. The van der Waals surface area contributed by atoms with Crippen molar-refractivity contribution < 1.29 is 4.65 Å². The zero-order valence-electron chi connectivity index (χ0n) is 3.12. The van der Waals surface area contributed by atoms with E-state index in [1.54, 1.807) is 7.11 Å². The molecule has 0 amide bonds. The van der Waals surface area contributed by atoms with Gasteiger partial charge in [0.25, 0.3) is 0 Å². The van der Waals surface area contributed by atoms with Crippen molar-refractivity contribution in [3.05, 3.63) is 0 Å². The van der Waals surface area contributed by atoms with E-state index < -0.39 is 0 Å². The van der Waals surface area contributed by atoms with Gasteiger partial charge in [0.1, 0.15) is 7.74 Å². The molecule has 3 heteroatoms. The molecule has 0 radical (unpaired) electrons. The van der Waals surface area contributed by atoms with Crippen LogP contribution in [0.1, 0.15) is 0 Å². The molecule has 4 heavy (non-hydrogen) atoms. The van der Waals surface area contributed by atoms with Crippen molar-refractivity contribution in [3.63, 3.8) is 0 Å². The largest absolute Gasteiger partial charge is 0.452 e.